The Hall–Kier alpha value is -3.65. The van der Waals surface area contributed by atoms with Crippen molar-refractivity contribution in [3.8, 4) is 22.3 Å². The summed E-state index contributed by atoms with van der Waals surface area (Å²) in [4.78, 5) is 4.41. The summed E-state index contributed by atoms with van der Waals surface area (Å²) in [5.74, 6) is 0. The minimum absolute atomic E-state index is 1.03. The molecule has 1 aliphatic carbocycles. The highest BCUT2D eigenvalue weighted by Crippen LogP contribution is 2.48. The van der Waals surface area contributed by atoms with Crippen LogP contribution in [0.5, 0.6) is 0 Å². The molecular weight excluding hydrogens is 328 g/mol. The van der Waals surface area contributed by atoms with Gasteiger partial charge in [-0.2, -0.15) is 0 Å². The van der Waals surface area contributed by atoms with Gasteiger partial charge in [0.2, 0.25) is 0 Å². The lowest BCUT2D eigenvalue weighted by Crippen LogP contribution is -1.94. The van der Waals surface area contributed by atoms with Crippen LogP contribution < -0.4 is 5.32 Å². The molecule has 0 spiro atoms. The van der Waals surface area contributed by atoms with E-state index in [9.17, 15) is 0 Å². The summed E-state index contributed by atoms with van der Waals surface area (Å²) in [6, 6.07) is 28.0. The largest absolute Gasteiger partial charge is 0.353 e. The molecule has 0 aliphatic heterocycles. The molecule has 6 rings (SSSR count). The van der Waals surface area contributed by atoms with E-state index in [4.69, 9.17) is 0 Å². The molecule has 0 radical (unpaired) electrons. The minimum atomic E-state index is 1.03. The molecule has 0 saturated carbocycles. The third-order valence-electron chi connectivity index (χ3n) is 5.49. The van der Waals surface area contributed by atoms with Crippen LogP contribution in [0.4, 0.5) is 11.4 Å². The number of nitrogens with zero attached hydrogens (tertiary/aromatic N) is 1. The molecule has 5 aromatic rings. The van der Waals surface area contributed by atoms with Crippen molar-refractivity contribution < 1.29 is 0 Å². The summed E-state index contributed by atoms with van der Waals surface area (Å²) < 4.78 is 0. The number of nitrogens with one attached hydrogen (secondary N) is 1. The van der Waals surface area contributed by atoms with E-state index < -0.39 is 0 Å². The molecule has 1 N–H and O–H groups in total. The van der Waals surface area contributed by atoms with Gasteiger partial charge < -0.3 is 5.32 Å². The van der Waals surface area contributed by atoms with E-state index in [1.54, 1.807) is 0 Å². The zero-order valence-corrected chi connectivity index (χ0v) is 14.6. The maximum Gasteiger partial charge on any atom is 0.0650 e. The second kappa shape index (κ2) is 5.42. The highest BCUT2D eigenvalue weighted by molar-refractivity contribution is 6.18. The average molecular weight is 344 g/mol. The highest BCUT2D eigenvalue weighted by Gasteiger charge is 2.21. The summed E-state index contributed by atoms with van der Waals surface area (Å²) in [5, 5.41) is 8.53. The van der Waals surface area contributed by atoms with E-state index in [1.165, 1.54) is 38.4 Å². The van der Waals surface area contributed by atoms with Crippen molar-refractivity contribution in [2.24, 2.45) is 0 Å². The first-order valence-electron chi connectivity index (χ1n) is 9.15. The molecule has 0 atom stereocenters. The number of anilines is 2. The van der Waals surface area contributed by atoms with E-state index in [-0.39, 0.29) is 0 Å². The molecule has 1 heterocycles. The van der Waals surface area contributed by atoms with Crippen molar-refractivity contribution in [1.82, 2.24) is 4.98 Å². The van der Waals surface area contributed by atoms with Crippen LogP contribution in [-0.2, 0) is 0 Å². The van der Waals surface area contributed by atoms with Crippen LogP contribution in [-0.4, -0.2) is 4.98 Å². The van der Waals surface area contributed by atoms with Gasteiger partial charge >= 0.3 is 0 Å². The molecule has 4 aromatic carbocycles. The number of fused-ring (bicyclic) bond motifs is 4. The molecule has 126 valence electrons. The third kappa shape index (κ3) is 2.04. The maximum absolute atomic E-state index is 4.41. The van der Waals surface area contributed by atoms with Gasteiger partial charge in [-0.3, -0.25) is 4.98 Å². The molecule has 0 amide bonds. The van der Waals surface area contributed by atoms with Crippen LogP contribution >= 0.6 is 0 Å². The number of hydrogen-bond donors (Lipinski definition) is 1. The Morgan fingerprint density at radius 2 is 1.22 bits per heavy atom. The molecule has 2 nitrogen and oxygen atoms in total. The van der Waals surface area contributed by atoms with Gasteiger partial charge in [0.25, 0.3) is 0 Å². The number of rotatable bonds is 2. The summed E-state index contributed by atoms with van der Waals surface area (Å²) in [7, 11) is 0. The molecule has 27 heavy (non-hydrogen) atoms. The summed E-state index contributed by atoms with van der Waals surface area (Å²) in [6.07, 6.45) is 3.81. The second-order valence-corrected chi connectivity index (χ2v) is 6.97. The number of hydrogen-bond acceptors (Lipinski definition) is 2. The summed E-state index contributed by atoms with van der Waals surface area (Å²) >= 11 is 0. The van der Waals surface area contributed by atoms with Crippen molar-refractivity contribution in [1.29, 1.82) is 0 Å². The second-order valence-electron chi connectivity index (χ2n) is 6.97. The van der Waals surface area contributed by atoms with Crippen LogP contribution in [0.15, 0.2) is 91.3 Å². The van der Waals surface area contributed by atoms with Crippen LogP contribution in [0.2, 0.25) is 0 Å². The van der Waals surface area contributed by atoms with Crippen molar-refractivity contribution in [3.63, 3.8) is 0 Å². The lowest BCUT2D eigenvalue weighted by Gasteiger charge is -2.13. The average Bonchev–Trinajstić information content (AvgIpc) is 3.06. The predicted octanol–water partition coefficient (Wildman–Crippen LogP) is 6.78. The Morgan fingerprint density at radius 1 is 0.519 bits per heavy atom. The van der Waals surface area contributed by atoms with Crippen LogP contribution in [0.3, 0.4) is 0 Å². The van der Waals surface area contributed by atoms with Crippen LogP contribution in [0, 0.1) is 0 Å². The lowest BCUT2D eigenvalue weighted by molar-refractivity contribution is 1.36. The van der Waals surface area contributed by atoms with Crippen molar-refractivity contribution >= 4 is 32.9 Å². The van der Waals surface area contributed by atoms with Gasteiger partial charge in [0.15, 0.2) is 0 Å². The molecule has 0 bridgehead atoms. The fraction of sp³-hybridized carbons (Fsp3) is 0. The number of aromatic nitrogens is 1. The van der Waals surface area contributed by atoms with E-state index >= 15 is 0 Å². The molecule has 0 fully saturated rings. The lowest BCUT2D eigenvalue weighted by atomic mass is 10.0. The van der Waals surface area contributed by atoms with E-state index in [1.807, 2.05) is 18.5 Å². The smallest absolute Gasteiger partial charge is 0.0650 e. The predicted molar refractivity (Wildman–Crippen MR) is 113 cm³/mol. The molecule has 0 unspecified atom stereocenters. The Balaban J connectivity index is 1.58. The standard InChI is InChI=1S/C25H16N2/c1-2-7-17-16(6-1)14-26-15-24(17)27-23-13-12-21-19-9-4-3-8-18(19)20-10-5-11-22(23)25(20)21/h1-15,27H. The Morgan fingerprint density at radius 3 is 2.11 bits per heavy atom. The maximum atomic E-state index is 4.41. The van der Waals surface area contributed by atoms with Gasteiger partial charge in [0.1, 0.15) is 0 Å². The third-order valence-corrected chi connectivity index (χ3v) is 5.49. The molecule has 2 heteroatoms. The Kier molecular flexibility index (Phi) is 2.91. The first-order valence-corrected chi connectivity index (χ1v) is 9.15. The van der Waals surface area contributed by atoms with Gasteiger partial charge in [-0.15, -0.1) is 0 Å². The zero-order chi connectivity index (χ0) is 17.8. The Labute approximate surface area is 157 Å². The van der Waals surface area contributed by atoms with Gasteiger partial charge in [-0.05, 0) is 33.7 Å². The van der Waals surface area contributed by atoms with E-state index in [0.717, 1.165) is 16.8 Å². The monoisotopic (exact) mass is 344 g/mol. The molecule has 1 aromatic heterocycles. The first kappa shape index (κ1) is 14.5. The van der Waals surface area contributed by atoms with Gasteiger partial charge in [0, 0.05) is 28.0 Å². The SMILES string of the molecule is c1ccc2c(c1)-c1cccc3c(Nc4cncc5ccccc45)ccc-2c13. The van der Waals surface area contributed by atoms with Gasteiger partial charge in [-0.1, -0.05) is 72.8 Å². The van der Waals surface area contributed by atoms with Gasteiger partial charge in [0.05, 0.1) is 11.9 Å². The Bertz CT molecular complexity index is 1320. The normalized spacial score (nSPS) is 11.7. The van der Waals surface area contributed by atoms with Crippen molar-refractivity contribution in [3.05, 3.63) is 91.3 Å². The van der Waals surface area contributed by atoms with Crippen LogP contribution in [0.1, 0.15) is 0 Å². The first-order chi connectivity index (χ1) is 13.4. The topological polar surface area (TPSA) is 24.9 Å². The number of pyridine rings is 1. The van der Waals surface area contributed by atoms with Crippen LogP contribution in [0.25, 0.3) is 43.8 Å². The van der Waals surface area contributed by atoms with Gasteiger partial charge in [-0.25, -0.2) is 0 Å². The van der Waals surface area contributed by atoms with Crippen molar-refractivity contribution in [2.75, 3.05) is 5.32 Å². The molecule has 1 aliphatic rings. The quantitative estimate of drug-likeness (QED) is 0.374. The number of benzene rings is 4. The minimum Gasteiger partial charge on any atom is -0.353 e. The molecular formula is C25H16N2. The molecule has 0 saturated heterocycles. The van der Waals surface area contributed by atoms with E-state index in [0.29, 0.717) is 0 Å². The summed E-state index contributed by atoms with van der Waals surface area (Å²) in [5.41, 5.74) is 7.42. The summed E-state index contributed by atoms with van der Waals surface area (Å²) in [6.45, 7) is 0. The van der Waals surface area contributed by atoms with Crippen molar-refractivity contribution in [2.45, 2.75) is 0 Å². The zero-order valence-electron chi connectivity index (χ0n) is 14.6. The fourth-order valence-corrected chi connectivity index (χ4v) is 4.28. The fourth-order valence-electron chi connectivity index (χ4n) is 4.28. The van der Waals surface area contributed by atoms with E-state index in [2.05, 4.69) is 83.1 Å². The highest BCUT2D eigenvalue weighted by atomic mass is 14.9.